The second kappa shape index (κ2) is 9.91. The zero-order valence-corrected chi connectivity index (χ0v) is 17.9. The lowest BCUT2D eigenvalue weighted by molar-refractivity contribution is 0.146. The van der Waals surface area contributed by atoms with Gasteiger partial charge in [-0.15, -0.1) is 0 Å². The van der Waals surface area contributed by atoms with E-state index in [1.165, 1.54) is 11.1 Å². The predicted molar refractivity (Wildman–Crippen MR) is 118 cm³/mol. The summed E-state index contributed by atoms with van der Waals surface area (Å²) < 4.78 is 16.4. The number of aromatic nitrogens is 2. The highest BCUT2D eigenvalue weighted by Crippen LogP contribution is 2.37. The number of nitrogens with one attached hydrogen (secondary N) is 2. The molecule has 0 saturated carbocycles. The quantitative estimate of drug-likeness (QED) is 0.427. The number of benzene rings is 2. The van der Waals surface area contributed by atoms with Crippen LogP contribution in [0.2, 0.25) is 0 Å². The largest absolute Gasteiger partial charge is 0.489 e. The lowest BCUT2D eigenvalue weighted by Gasteiger charge is -2.13. The minimum Gasteiger partial charge on any atom is -0.489 e. The first-order valence-electron chi connectivity index (χ1n) is 10.5. The Morgan fingerprint density at radius 1 is 1.23 bits per heavy atom. The zero-order valence-electron chi connectivity index (χ0n) is 17.9. The van der Waals surface area contributed by atoms with Gasteiger partial charge in [0.1, 0.15) is 12.4 Å². The van der Waals surface area contributed by atoms with Crippen molar-refractivity contribution in [3.05, 3.63) is 47.5 Å². The number of rotatable bonds is 10. The number of hydrogen-bond donors (Lipinski definition) is 3. The molecule has 3 aromatic rings. The molecular formula is C23H28N4O4. The Morgan fingerprint density at radius 2 is 2.13 bits per heavy atom. The van der Waals surface area contributed by atoms with Crippen LogP contribution in [0.3, 0.4) is 0 Å². The van der Waals surface area contributed by atoms with Crippen molar-refractivity contribution in [3.8, 4) is 28.6 Å². The van der Waals surface area contributed by atoms with Gasteiger partial charge in [-0.1, -0.05) is 23.4 Å². The van der Waals surface area contributed by atoms with E-state index >= 15 is 0 Å². The van der Waals surface area contributed by atoms with E-state index in [4.69, 9.17) is 19.1 Å². The third-order valence-electron chi connectivity index (χ3n) is 5.48. The summed E-state index contributed by atoms with van der Waals surface area (Å²) in [6, 6.07) is 12.2. The van der Waals surface area contributed by atoms with Gasteiger partial charge < -0.3 is 29.7 Å². The second-order valence-electron chi connectivity index (χ2n) is 7.37. The summed E-state index contributed by atoms with van der Waals surface area (Å²) in [5, 5.41) is 19.9. The molecule has 164 valence electrons. The fourth-order valence-corrected chi connectivity index (χ4v) is 3.98. The number of anilines is 1. The van der Waals surface area contributed by atoms with E-state index < -0.39 is 0 Å². The normalized spacial score (nSPS) is 15.1. The van der Waals surface area contributed by atoms with Crippen molar-refractivity contribution < 1.29 is 19.1 Å². The summed E-state index contributed by atoms with van der Waals surface area (Å²) in [7, 11) is 3.49. The number of fused-ring (bicyclic) bond motifs is 1. The maximum absolute atomic E-state index is 9.11. The SMILES string of the molecule is CNc1cc(-c2nc(-c3cccc4c3CCC4NCCO)no2)ccc1OCCOC. The minimum atomic E-state index is 0.130. The van der Waals surface area contributed by atoms with Crippen molar-refractivity contribution in [2.24, 2.45) is 0 Å². The summed E-state index contributed by atoms with van der Waals surface area (Å²) >= 11 is 0. The highest BCUT2D eigenvalue weighted by Gasteiger charge is 2.26. The van der Waals surface area contributed by atoms with E-state index in [0.717, 1.165) is 35.4 Å². The molecule has 0 amide bonds. The van der Waals surface area contributed by atoms with Crippen molar-refractivity contribution in [1.82, 2.24) is 15.5 Å². The minimum absolute atomic E-state index is 0.130. The van der Waals surface area contributed by atoms with Crippen LogP contribution in [0.4, 0.5) is 5.69 Å². The summed E-state index contributed by atoms with van der Waals surface area (Å²) in [6.45, 7) is 1.71. The van der Waals surface area contributed by atoms with E-state index in [-0.39, 0.29) is 12.6 Å². The van der Waals surface area contributed by atoms with Crippen molar-refractivity contribution >= 4 is 5.69 Å². The van der Waals surface area contributed by atoms with Crippen LogP contribution in [-0.4, -0.2) is 55.8 Å². The molecule has 4 rings (SSSR count). The summed E-state index contributed by atoms with van der Waals surface area (Å²) in [6.07, 6.45) is 1.93. The number of aliphatic hydroxyl groups is 1. The Labute approximate surface area is 181 Å². The van der Waals surface area contributed by atoms with Gasteiger partial charge in [-0.25, -0.2) is 0 Å². The molecule has 1 aliphatic carbocycles. The molecule has 0 bridgehead atoms. The highest BCUT2D eigenvalue weighted by molar-refractivity contribution is 5.70. The molecule has 8 heteroatoms. The molecule has 0 radical (unpaired) electrons. The molecule has 0 saturated heterocycles. The first-order chi connectivity index (χ1) is 15.2. The standard InChI is InChI=1S/C23H28N4O4/c1-24-20-14-15(6-9-21(20)30-13-12-29-2)23-26-22(27-31-23)18-5-3-4-17-16(18)7-8-19(17)25-10-11-28/h3-6,9,14,19,24-25,28H,7-8,10-13H2,1-2H3. The van der Waals surface area contributed by atoms with E-state index in [2.05, 4.69) is 26.8 Å². The van der Waals surface area contributed by atoms with Gasteiger partial charge in [-0.3, -0.25) is 0 Å². The number of hydrogen-bond acceptors (Lipinski definition) is 8. The Balaban J connectivity index is 1.58. The topological polar surface area (TPSA) is 102 Å². The lowest BCUT2D eigenvalue weighted by atomic mass is 10.0. The van der Waals surface area contributed by atoms with Crippen LogP contribution < -0.4 is 15.4 Å². The Hall–Kier alpha value is -2.94. The maximum atomic E-state index is 9.11. The van der Waals surface area contributed by atoms with E-state index in [1.807, 2.05) is 37.4 Å². The lowest BCUT2D eigenvalue weighted by Crippen LogP contribution is -2.22. The average Bonchev–Trinajstić information content (AvgIpc) is 3.45. The summed E-state index contributed by atoms with van der Waals surface area (Å²) in [5.74, 6) is 1.78. The van der Waals surface area contributed by atoms with Crippen LogP contribution in [0.25, 0.3) is 22.8 Å². The summed E-state index contributed by atoms with van der Waals surface area (Å²) in [4.78, 5) is 4.67. The molecule has 0 spiro atoms. The average molecular weight is 425 g/mol. The van der Waals surface area contributed by atoms with Gasteiger partial charge in [0.2, 0.25) is 5.82 Å². The maximum Gasteiger partial charge on any atom is 0.258 e. The zero-order chi connectivity index (χ0) is 21.6. The van der Waals surface area contributed by atoms with Crippen LogP contribution in [0.5, 0.6) is 5.75 Å². The third kappa shape index (κ3) is 4.56. The van der Waals surface area contributed by atoms with Crippen LogP contribution in [0.15, 0.2) is 40.9 Å². The molecule has 8 nitrogen and oxygen atoms in total. The van der Waals surface area contributed by atoms with Gasteiger partial charge in [0.25, 0.3) is 5.89 Å². The molecule has 3 N–H and O–H groups in total. The van der Waals surface area contributed by atoms with Crippen molar-refractivity contribution in [2.75, 3.05) is 45.8 Å². The van der Waals surface area contributed by atoms with Gasteiger partial charge >= 0.3 is 0 Å². The molecule has 1 atom stereocenters. The smallest absolute Gasteiger partial charge is 0.258 e. The number of nitrogens with zero attached hydrogens (tertiary/aromatic N) is 2. The molecule has 0 fully saturated rings. The number of methoxy groups -OCH3 is 1. The van der Waals surface area contributed by atoms with Crippen LogP contribution >= 0.6 is 0 Å². The first-order valence-corrected chi connectivity index (χ1v) is 10.5. The van der Waals surface area contributed by atoms with Gasteiger partial charge in [-0.2, -0.15) is 4.98 Å². The van der Waals surface area contributed by atoms with E-state index in [1.54, 1.807) is 7.11 Å². The van der Waals surface area contributed by atoms with Gasteiger partial charge in [0.15, 0.2) is 0 Å². The van der Waals surface area contributed by atoms with Gasteiger partial charge in [0.05, 0.1) is 18.9 Å². The van der Waals surface area contributed by atoms with Crippen molar-refractivity contribution in [2.45, 2.75) is 18.9 Å². The van der Waals surface area contributed by atoms with E-state index in [9.17, 15) is 0 Å². The van der Waals surface area contributed by atoms with Gasteiger partial charge in [-0.05, 0) is 42.2 Å². The Morgan fingerprint density at radius 3 is 2.94 bits per heavy atom. The van der Waals surface area contributed by atoms with Crippen LogP contribution in [0.1, 0.15) is 23.6 Å². The van der Waals surface area contributed by atoms with Crippen LogP contribution in [0, 0.1) is 0 Å². The fraction of sp³-hybridized carbons (Fsp3) is 0.391. The monoisotopic (exact) mass is 424 g/mol. The molecule has 1 unspecified atom stereocenters. The fourth-order valence-electron chi connectivity index (χ4n) is 3.98. The molecule has 0 aliphatic heterocycles. The van der Waals surface area contributed by atoms with Crippen molar-refractivity contribution in [1.29, 1.82) is 0 Å². The Kier molecular flexibility index (Phi) is 6.81. The predicted octanol–water partition coefficient (Wildman–Crippen LogP) is 3.04. The number of aliphatic hydroxyl groups excluding tert-OH is 1. The molecule has 1 aromatic heterocycles. The highest BCUT2D eigenvalue weighted by atomic mass is 16.5. The second-order valence-corrected chi connectivity index (χ2v) is 7.37. The van der Waals surface area contributed by atoms with Gasteiger partial charge in [0, 0.05) is 37.9 Å². The number of ether oxygens (including phenoxy) is 2. The molecule has 1 heterocycles. The molecule has 31 heavy (non-hydrogen) atoms. The summed E-state index contributed by atoms with van der Waals surface area (Å²) in [5.41, 5.74) is 5.13. The molecular weight excluding hydrogens is 396 g/mol. The van der Waals surface area contributed by atoms with E-state index in [0.29, 0.717) is 31.5 Å². The molecule has 2 aromatic carbocycles. The first kappa shape index (κ1) is 21.3. The third-order valence-corrected chi connectivity index (χ3v) is 5.48. The molecule has 1 aliphatic rings. The van der Waals surface area contributed by atoms with Crippen molar-refractivity contribution in [3.63, 3.8) is 0 Å². The Bertz CT molecular complexity index is 1020. The van der Waals surface area contributed by atoms with Crippen LogP contribution in [-0.2, 0) is 11.2 Å².